The van der Waals surface area contributed by atoms with Crippen LogP contribution in [0.25, 0.3) is 10.8 Å². The fourth-order valence-electron chi connectivity index (χ4n) is 5.31. The Balaban J connectivity index is 1.38. The molecule has 0 saturated heterocycles. The summed E-state index contributed by atoms with van der Waals surface area (Å²) < 4.78 is 0. The summed E-state index contributed by atoms with van der Waals surface area (Å²) in [5, 5.41) is 5.52. The first-order chi connectivity index (χ1) is 19.4. The number of likely N-dealkylation sites (N-methyl/N-ethyl adjacent to an activating group) is 1. The Hall–Kier alpha value is -3.87. The van der Waals surface area contributed by atoms with Crippen LogP contribution >= 0.6 is 23.2 Å². The molecule has 0 radical (unpaired) electrons. The van der Waals surface area contributed by atoms with Gasteiger partial charge in [0.25, 0.3) is 5.91 Å². The fraction of sp³-hybridized carbons (Fsp3) is 0.219. The molecule has 0 aliphatic carbocycles. The van der Waals surface area contributed by atoms with Gasteiger partial charge >= 0.3 is 0 Å². The van der Waals surface area contributed by atoms with Gasteiger partial charge in [-0.1, -0.05) is 83.9 Å². The minimum absolute atomic E-state index is 0.0636. The summed E-state index contributed by atoms with van der Waals surface area (Å²) in [5.74, 6) is -0.564. The molecule has 3 amide bonds. The third-order valence-corrected chi connectivity index (χ3v) is 8.04. The number of hydrogen-bond donors (Lipinski definition) is 1. The molecule has 0 unspecified atom stereocenters. The highest BCUT2D eigenvalue weighted by molar-refractivity contribution is 6.36. The molecule has 204 valence electrons. The lowest BCUT2D eigenvalue weighted by Crippen LogP contribution is -2.49. The molecule has 0 saturated carbocycles. The van der Waals surface area contributed by atoms with Crippen molar-refractivity contribution in [3.63, 3.8) is 0 Å². The van der Waals surface area contributed by atoms with Crippen LogP contribution in [0.1, 0.15) is 34.3 Å². The van der Waals surface area contributed by atoms with Gasteiger partial charge in [0, 0.05) is 59.5 Å². The Morgan fingerprint density at radius 3 is 2.27 bits per heavy atom. The van der Waals surface area contributed by atoms with Crippen molar-refractivity contribution in [1.29, 1.82) is 0 Å². The Morgan fingerprint density at radius 2 is 1.57 bits per heavy atom. The molecule has 5 rings (SSSR count). The molecule has 1 aliphatic heterocycles. The van der Waals surface area contributed by atoms with Gasteiger partial charge in [-0.25, -0.2) is 0 Å². The number of benzene rings is 4. The van der Waals surface area contributed by atoms with E-state index in [0.29, 0.717) is 40.6 Å². The minimum atomic E-state index is -0.779. The van der Waals surface area contributed by atoms with Gasteiger partial charge in [-0.05, 0) is 41.6 Å². The molecule has 6 nitrogen and oxygen atoms in total. The summed E-state index contributed by atoms with van der Waals surface area (Å²) in [5.41, 5.74) is 3.04. The van der Waals surface area contributed by atoms with E-state index in [1.807, 2.05) is 66.7 Å². The molecule has 40 heavy (non-hydrogen) atoms. The third-order valence-electron chi connectivity index (χ3n) is 7.33. The minimum Gasteiger partial charge on any atom is -0.357 e. The second-order valence-electron chi connectivity index (χ2n) is 9.78. The quantitative estimate of drug-likeness (QED) is 0.243. The summed E-state index contributed by atoms with van der Waals surface area (Å²) in [6, 6.07) is 25.5. The summed E-state index contributed by atoms with van der Waals surface area (Å²) in [6.07, 6.45) is 0.893. The smallest absolute Gasteiger partial charge is 0.258 e. The Labute approximate surface area is 243 Å². The van der Waals surface area contributed by atoms with E-state index in [2.05, 4.69) is 5.32 Å². The molecular formula is C32H29Cl2N3O3. The average Bonchev–Trinajstić information content (AvgIpc) is 3.24. The highest BCUT2D eigenvalue weighted by Gasteiger charge is 2.32. The summed E-state index contributed by atoms with van der Waals surface area (Å²) in [6.45, 7) is 0.456. The molecule has 1 heterocycles. The van der Waals surface area contributed by atoms with Gasteiger partial charge in [-0.3, -0.25) is 14.4 Å². The van der Waals surface area contributed by atoms with Crippen LogP contribution in [0.15, 0.2) is 84.9 Å². The van der Waals surface area contributed by atoms with Crippen molar-refractivity contribution in [3.05, 3.63) is 112 Å². The topological polar surface area (TPSA) is 69.7 Å². The zero-order chi connectivity index (χ0) is 28.2. The zero-order valence-electron chi connectivity index (χ0n) is 22.1. The standard InChI is InChI=1S/C32H29Cl2N3O3/c1-35-31(39)28(19-21-9-3-2-4-10-21)37(20-24-25(33)14-7-15-26(24)34)29(38)17-8-18-36-27-16-6-12-22-11-5-13-23(30(22)27)32(36)40/h2-7,9-16,28H,8,17-20H2,1H3,(H,35,39)/t28-/m0/s1. The Kier molecular flexibility index (Phi) is 8.38. The average molecular weight is 575 g/mol. The maximum absolute atomic E-state index is 13.8. The van der Waals surface area contributed by atoms with Crippen LogP contribution in [-0.2, 0) is 22.6 Å². The van der Waals surface area contributed by atoms with Crippen molar-refractivity contribution in [2.45, 2.75) is 31.8 Å². The highest BCUT2D eigenvalue weighted by Crippen LogP contribution is 2.37. The number of carbonyl (C=O) groups is 3. The van der Waals surface area contributed by atoms with Gasteiger partial charge in [0.1, 0.15) is 6.04 Å². The lowest BCUT2D eigenvalue weighted by molar-refractivity contribution is -0.141. The van der Waals surface area contributed by atoms with E-state index in [9.17, 15) is 14.4 Å². The molecule has 1 aliphatic rings. The van der Waals surface area contributed by atoms with Crippen LogP contribution in [0.2, 0.25) is 10.0 Å². The molecule has 8 heteroatoms. The van der Waals surface area contributed by atoms with Crippen molar-refractivity contribution in [2.24, 2.45) is 0 Å². The number of rotatable bonds is 10. The fourth-order valence-corrected chi connectivity index (χ4v) is 5.82. The highest BCUT2D eigenvalue weighted by atomic mass is 35.5. The van der Waals surface area contributed by atoms with Crippen LogP contribution in [-0.4, -0.2) is 42.3 Å². The Morgan fingerprint density at radius 1 is 0.900 bits per heavy atom. The number of carbonyl (C=O) groups excluding carboxylic acids is 3. The van der Waals surface area contributed by atoms with Crippen LogP contribution < -0.4 is 10.2 Å². The van der Waals surface area contributed by atoms with Gasteiger partial charge in [-0.15, -0.1) is 0 Å². The van der Waals surface area contributed by atoms with Crippen LogP contribution in [0.4, 0.5) is 5.69 Å². The zero-order valence-corrected chi connectivity index (χ0v) is 23.6. The molecule has 0 aromatic heterocycles. The van der Waals surface area contributed by atoms with Crippen molar-refractivity contribution in [2.75, 3.05) is 18.5 Å². The number of hydrogen-bond acceptors (Lipinski definition) is 3. The van der Waals surface area contributed by atoms with Crippen LogP contribution in [0.5, 0.6) is 0 Å². The summed E-state index contributed by atoms with van der Waals surface area (Å²) in [7, 11) is 1.56. The molecule has 4 aromatic rings. The number of halogens is 2. The molecular weight excluding hydrogens is 545 g/mol. The van der Waals surface area contributed by atoms with Crippen LogP contribution in [0, 0.1) is 0 Å². The van der Waals surface area contributed by atoms with Crippen LogP contribution in [0.3, 0.4) is 0 Å². The van der Waals surface area contributed by atoms with E-state index < -0.39 is 6.04 Å². The molecule has 1 atom stereocenters. The molecule has 0 fully saturated rings. The second-order valence-corrected chi connectivity index (χ2v) is 10.6. The van der Waals surface area contributed by atoms with Crippen molar-refractivity contribution >= 4 is 57.4 Å². The molecule has 0 bridgehead atoms. The second kappa shape index (κ2) is 12.1. The maximum atomic E-state index is 13.8. The lowest BCUT2D eigenvalue weighted by atomic mass is 10.0. The number of nitrogens with zero attached hydrogens (tertiary/aromatic N) is 2. The van der Waals surface area contributed by atoms with Gasteiger partial charge in [-0.2, -0.15) is 0 Å². The van der Waals surface area contributed by atoms with Gasteiger partial charge < -0.3 is 15.1 Å². The first-order valence-corrected chi connectivity index (χ1v) is 14.0. The van der Waals surface area contributed by atoms with E-state index in [1.54, 1.807) is 35.0 Å². The number of nitrogens with one attached hydrogen (secondary N) is 1. The van der Waals surface area contributed by atoms with E-state index in [4.69, 9.17) is 23.2 Å². The van der Waals surface area contributed by atoms with Crippen molar-refractivity contribution in [3.8, 4) is 0 Å². The van der Waals surface area contributed by atoms with Crippen molar-refractivity contribution < 1.29 is 14.4 Å². The van der Waals surface area contributed by atoms with Gasteiger partial charge in [0.2, 0.25) is 11.8 Å². The SMILES string of the molecule is CNC(=O)[C@H](Cc1ccccc1)N(Cc1c(Cl)cccc1Cl)C(=O)CCCN1C(=O)c2cccc3cccc1c23. The predicted octanol–water partition coefficient (Wildman–Crippen LogP) is 6.27. The Bertz CT molecular complexity index is 1550. The molecule has 4 aromatic carbocycles. The molecule has 0 spiro atoms. The molecule has 1 N–H and O–H groups in total. The van der Waals surface area contributed by atoms with Gasteiger partial charge in [0.05, 0.1) is 5.69 Å². The van der Waals surface area contributed by atoms with Crippen molar-refractivity contribution in [1.82, 2.24) is 10.2 Å². The largest absolute Gasteiger partial charge is 0.357 e. The van der Waals surface area contributed by atoms with Gasteiger partial charge in [0.15, 0.2) is 0 Å². The normalized spacial score (nSPS) is 13.0. The third kappa shape index (κ3) is 5.55. The summed E-state index contributed by atoms with van der Waals surface area (Å²) in [4.78, 5) is 43.5. The number of amides is 3. The maximum Gasteiger partial charge on any atom is 0.258 e. The van der Waals surface area contributed by atoms with E-state index in [1.165, 1.54) is 0 Å². The first-order valence-electron chi connectivity index (χ1n) is 13.2. The predicted molar refractivity (Wildman–Crippen MR) is 160 cm³/mol. The lowest BCUT2D eigenvalue weighted by Gasteiger charge is -2.32. The number of anilines is 1. The van der Waals surface area contributed by atoms with E-state index >= 15 is 0 Å². The van der Waals surface area contributed by atoms with E-state index in [-0.39, 0.29) is 30.7 Å². The monoisotopic (exact) mass is 573 g/mol. The van der Waals surface area contributed by atoms with E-state index in [0.717, 1.165) is 22.0 Å². The first kappa shape index (κ1) is 27.7. The summed E-state index contributed by atoms with van der Waals surface area (Å²) >= 11 is 13.0.